The molecule has 0 aromatic heterocycles. The molecule has 0 atom stereocenters. The van der Waals surface area contributed by atoms with Crippen LogP contribution in [0, 0.1) is 0 Å². The highest BCUT2D eigenvalue weighted by Crippen LogP contribution is 2.09. The molecule has 0 aliphatic heterocycles. The van der Waals surface area contributed by atoms with Gasteiger partial charge in [-0.3, -0.25) is 0 Å². The summed E-state index contributed by atoms with van der Waals surface area (Å²) in [5.41, 5.74) is 1.30. The van der Waals surface area contributed by atoms with E-state index in [0.717, 1.165) is 37.2 Å². The van der Waals surface area contributed by atoms with E-state index in [0.29, 0.717) is 0 Å². The molecule has 1 aromatic carbocycles. The van der Waals surface area contributed by atoms with Crippen molar-refractivity contribution in [3.8, 4) is 0 Å². The Balaban J connectivity index is 2.07. The maximum absolute atomic E-state index is 5.37. The number of hydrogen-bond donors (Lipinski definition) is 1. The highest BCUT2D eigenvalue weighted by molar-refractivity contribution is 9.10. The summed E-state index contributed by atoms with van der Waals surface area (Å²) in [5.74, 6) is 0. The van der Waals surface area contributed by atoms with Crippen molar-refractivity contribution < 1.29 is 4.74 Å². The number of halogens is 1. The highest BCUT2D eigenvalue weighted by atomic mass is 79.9. The Morgan fingerprint density at radius 2 is 1.93 bits per heavy atom. The van der Waals surface area contributed by atoms with Crippen LogP contribution in [-0.2, 0) is 11.3 Å². The van der Waals surface area contributed by atoms with E-state index in [-0.39, 0.29) is 0 Å². The van der Waals surface area contributed by atoms with Crippen molar-refractivity contribution in [3.63, 3.8) is 0 Å². The van der Waals surface area contributed by atoms with Gasteiger partial charge in [-0.2, -0.15) is 0 Å². The van der Waals surface area contributed by atoms with Crippen LogP contribution in [-0.4, -0.2) is 19.8 Å². The van der Waals surface area contributed by atoms with E-state index in [2.05, 4.69) is 52.4 Å². The minimum Gasteiger partial charge on any atom is -0.380 e. The van der Waals surface area contributed by atoms with Crippen LogP contribution in [0.15, 0.2) is 28.7 Å². The van der Waals surface area contributed by atoms with Crippen LogP contribution >= 0.6 is 15.9 Å². The number of hydrogen-bond acceptors (Lipinski definition) is 2. The minimum absolute atomic E-state index is 0.796. The molecule has 0 bridgehead atoms. The smallest absolute Gasteiger partial charge is 0.0591 e. The zero-order valence-corrected chi connectivity index (χ0v) is 10.7. The summed E-state index contributed by atoms with van der Waals surface area (Å²) in [6.07, 6.45) is 1.09. The Morgan fingerprint density at radius 1 is 1.20 bits per heavy atom. The van der Waals surface area contributed by atoms with Crippen molar-refractivity contribution in [1.29, 1.82) is 0 Å². The summed E-state index contributed by atoms with van der Waals surface area (Å²) < 4.78 is 6.49. The molecule has 0 unspecified atom stereocenters. The third-order valence-corrected chi connectivity index (χ3v) is 2.54. The lowest BCUT2D eigenvalue weighted by atomic mass is 10.2. The Labute approximate surface area is 100 Å². The Morgan fingerprint density at radius 3 is 2.60 bits per heavy atom. The molecule has 84 valence electrons. The maximum Gasteiger partial charge on any atom is 0.0591 e. The van der Waals surface area contributed by atoms with Crippen LogP contribution in [0.1, 0.15) is 18.9 Å². The van der Waals surface area contributed by atoms with Gasteiger partial charge in [-0.15, -0.1) is 0 Å². The quantitative estimate of drug-likeness (QED) is 0.770. The van der Waals surface area contributed by atoms with Crippen molar-refractivity contribution in [1.82, 2.24) is 5.32 Å². The van der Waals surface area contributed by atoms with Crippen LogP contribution in [0.5, 0.6) is 0 Å². The van der Waals surface area contributed by atoms with E-state index in [9.17, 15) is 0 Å². The Hall–Kier alpha value is -0.380. The van der Waals surface area contributed by atoms with E-state index in [1.54, 1.807) is 0 Å². The van der Waals surface area contributed by atoms with Crippen LogP contribution in [0.2, 0.25) is 0 Å². The molecule has 15 heavy (non-hydrogen) atoms. The third-order valence-electron chi connectivity index (χ3n) is 2.01. The number of nitrogens with one attached hydrogen (secondary N) is 1. The van der Waals surface area contributed by atoms with Crippen LogP contribution in [0.25, 0.3) is 0 Å². The van der Waals surface area contributed by atoms with E-state index >= 15 is 0 Å². The molecule has 1 aromatic rings. The predicted molar refractivity (Wildman–Crippen MR) is 67.0 cm³/mol. The van der Waals surface area contributed by atoms with Gasteiger partial charge in [-0.25, -0.2) is 0 Å². The molecule has 0 aliphatic carbocycles. The standard InChI is InChI=1S/C12H18BrNO/c1-2-8-15-9-7-14-10-11-3-5-12(13)6-4-11/h3-6,14H,2,7-10H2,1H3. The first-order valence-electron chi connectivity index (χ1n) is 5.36. The zero-order chi connectivity index (χ0) is 10.9. The monoisotopic (exact) mass is 271 g/mol. The first-order valence-corrected chi connectivity index (χ1v) is 6.15. The molecule has 0 fully saturated rings. The van der Waals surface area contributed by atoms with Crippen LogP contribution in [0.3, 0.4) is 0 Å². The molecule has 0 saturated carbocycles. The van der Waals surface area contributed by atoms with Gasteiger partial charge in [-0.05, 0) is 24.1 Å². The average Bonchev–Trinajstić information content (AvgIpc) is 2.26. The van der Waals surface area contributed by atoms with E-state index < -0.39 is 0 Å². The topological polar surface area (TPSA) is 21.3 Å². The van der Waals surface area contributed by atoms with Gasteiger partial charge >= 0.3 is 0 Å². The van der Waals surface area contributed by atoms with Gasteiger partial charge in [0.15, 0.2) is 0 Å². The molecule has 1 N–H and O–H groups in total. The second kappa shape index (κ2) is 7.85. The fraction of sp³-hybridized carbons (Fsp3) is 0.500. The third kappa shape index (κ3) is 5.92. The van der Waals surface area contributed by atoms with E-state index in [1.807, 2.05) is 0 Å². The molecule has 3 heteroatoms. The SMILES string of the molecule is CCCOCCNCc1ccc(Br)cc1. The van der Waals surface area contributed by atoms with Crippen molar-refractivity contribution in [2.75, 3.05) is 19.8 Å². The molecule has 1 rings (SSSR count). The number of ether oxygens (including phenoxy) is 1. The lowest BCUT2D eigenvalue weighted by molar-refractivity contribution is 0.136. The summed E-state index contributed by atoms with van der Waals surface area (Å²) in [6.45, 7) is 5.60. The van der Waals surface area contributed by atoms with Crippen LogP contribution < -0.4 is 5.32 Å². The molecule has 0 spiro atoms. The maximum atomic E-state index is 5.37. The summed E-state index contributed by atoms with van der Waals surface area (Å²) in [5, 5.41) is 3.34. The lowest BCUT2D eigenvalue weighted by Crippen LogP contribution is -2.19. The van der Waals surface area contributed by atoms with Gasteiger partial charge in [0, 0.05) is 24.2 Å². The summed E-state index contributed by atoms with van der Waals surface area (Å²) in [7, 11) is 0. The van der Waals surface area contributed by atoms with Gasteiger partial charge in [0.2, 0.25) is 0 Å². The lowest BCUT2D eigenvalue weighted by Gasteiger charge is -2.05. The van der Waals surface area contributed by atoms with E-state index in [4.69, 9.17) is 4.74 Å². The van der Waals surface area contributed by atoms with Gasteiger partial charge < -0.3 is 10.1 Å². The molecule has 0 saturated heterocycles. The predicted octanol–water partition coefficient (Wildman–Crippen LogP) is 2.97. The Kier molecular flexibility index (Phi) is 6.64. The highest BCUT2D eigenvalue weighted by Gasteiger charge is 1.92. The van der Waals surface area contributed by atoms with Crippen molar-refractivity contribution in [2.45, 2.75) is 19.9 Å². The van der Waals surface area contributed by atoms with Gasteiger partial charge in [0.1, 0.15) is 0 Å². The zero-order valence-electron chi connectivity index (χ0n) is 9.13. The first-order chi connectivity index (χ1) is 7.33. The van der Waals surface area contributed by atoms with Crippen LogP contribution in [0.4, 0.5) is 0 Å². The molecule has 2 nitrogen and oxygen atoms in total. The molecule has 0 amide bonds. The van der Waals surface area contributed by atoms with Gasteiger partial charge in [0.05, 0.1) is 6.61 Å². The van der Waals surface area contributed by atoms with E-state index in [1.165, 1.54) is 5.56 Å². The fourth-order valence-corrected chi connectivity index (χ4v) is 1.49. The molecule has 0 aliphatic rings. The van der Waals surface area contributed by atoms with Gasteiger partial charge in [0.25, 0.3) is 0 Å². The molecular weight excluding hydrogens is 254 g/mol. The van der Waals surface area contributed by atoms with Crippen molar-refractivity contribution >= 4 is 15.9 Å². The molecule has 0 radical (unpaired) electrons. The first kappa shape index (κ1) is 12.7. The summed E-state index contributed by atoms with van der Waals surface area (Å²) in [6, 6.07) is 8.35. The van der Waals surface area contributed by atoms with Crippen molar-refractivity contribution in [2.24, 2.45) is 0 Å². The molecule has 0 heterocycles. The summed E-state index contributed by atoms with van der Waals surface area (Å²) >= 11 is 3.42. The minimum atomic E-state index is 0.796. The molecular formula is C12H18BrNO. The Bertz CT molecular complexity index is 261. The van der Waals surface area contributed by atoms with Gasteiger partial charge in [-0.1, -0.05) is 35.0 Å². The number of benzene rings is 1. The largest absolute Gasteiger partial charge is 0.380 e. The normalized spacial score (nSPS) is 10.5. The average molecular weight is 272 g/mol. The second-order valence-corrected chi connectivity index (χ2v) is 4.33. The fourth-order valence-electron chi connectivity index (χ4n) is 1.23. The van der Waals surface area contributed by atoms with Crippen molar-refractivity contribution in [3.05, 3.63) is 34.3 Å². The second-order valence-electron chi connectivity index (χ2n) is 3.42. The summed E-state index contributed by atoms with van der Waals surface area (Å²) in [4.78, 5) is 0. The number of rotatable bonds is 7.